The summed E-state index contributed by atoms with van der Waals surface area (Å²) in [6.45, 7) is 5.47. The fourth-order valence-corrected chi connectivity index (χ4v) is 4.84. The molecule has 4 nitrogen and oxygen atoms in total. The molecule has 1 aromatic heterocycles. The van der Waals surface area contributed by atoms with E-state index in [1.807, 2.05) is 36.4 Å². The Bertz CT molecular complexity index is 1270. The van der Waals surface area contributed by atoms with Crippen molar-refractivity contribution in [3.05, 3.63) is 94.5 Å². The minimum atomic E-state index is 0.692. The third-order valence-electron chi connectivity index (χ3n) is 6.20. The van der Waals surface area contributed by atoms with Gasteiger partial charge in [-0.25, -0.2) is 4.99 Å². The molecule has 0 radical (unpaired) electrons. The Hall–Kier alpha value is -2.57. The van der Waals surface area contributed by atoms with Gasteiger partial charge in [0.2, 0.25) is 0 Å². The van der Waals surface area contributed by atoms with Gasteiger partial charge in [-0.15, -0.1) is 12.6 Å². The van der Waals surface area contributed by atoms with Crippen molar-refractivity contribution in [2.24, 2.45) is 4.99 Å². The lowest BCUT2D eigenvalue weighted by atomic mass is 10.0. The molecule has 2 heterocycles. The van der Waals surface area contributed by atoms with Crippen LogP contribution in [0.1, 0.15) is 16.7 Å². The Morgan fingerprint density at radius 1 is 0.970 bits per heavy atom. The van der Waals surface area contributed by atoms with E-state index in [0.717, 1.165) is 71.2 Å². The average Bonchev–Trinajstić information content (AvgIpc) is 3.15. The molecule has 5 rings (SSSR count). The van der Waals surface area contributed by atoms with Crippen LogP contribution in [0.4, 0.5) is 5.69 Å². The summed E-state index contributed by atoms with van der Waals surface area (Å²) in [6, 6.07) is 24.7. The third kappa shape index (κ3) is 5.02. The van der Waals surface area contributed by atoms with E-state index in [0.29, 0.717) is 5.02 Å². The zero-order valence-corrected chi connectivity index (χ0v) is 20.3. The molecule has 1 saturated heterocycles. The molecule has 1 aliphatic rings. The molecule has 0 saturated carbocycles. The van der Waals surface area contributed by atoms with Gasteiger partial charge in [-0.3, -0.25) is 4.90 Å². The molecule has 0 amide bonds. The SMILES string of the molecule is CN1CCN(Cc2ccc(N=C(c3ccccc3)c3c(S)[nH]c4cc(Cl)ccc34)cc2)CC1. The van der Waals surface area contributed by atoms with E-state index in [1.54, 1.807) is 0 Å². The summed E-state index contributed by atoms with van der Waals surface area (Å²) in [4.78, 5) is 13.3. The number of thiol groups is 1. The number of fused-ring (bicyclic) bond motifs is 1. The molecule has 0 unspecified atom stereocenters. The number of benzene rings is 3. The van der Waals surface area contributed by atoms with Crippen LogP contribution in [0.2, 0.25) is 5.02 Å². The zero-order chi connectivity index (χ0) is 22.8. The summed E-state index contributed by atoms with van der Waals surface area (Å²) >= 11 is 11.0. The van der Waals surface area contributed by atoms with Gasteiger partial charge in [0.15, 0.2) is 0 Å². The van der Waals surface area contributed by atoms with Gasteiger partial charge in [-0.1, -0.05) is 60.1 Å². The molecular weight excluding hydrogens is 448 g/mol. The molecule has 33 heavy (non-hydrogen) atoms. The standard InChI is InChI=1S/C27H27ClN4S/c1-31-13-15-32(16-14-31)18-19-7-10-22(11-8-19)29-26(20-5-3-2-4-6-20)25-23-12-9-21(28)17-24(23)30-27(25)33/h2-12,17,30,33H,13-16,18H2,1H3. The first kappa shape index (κ1) is 22.2. The van der Waals surface area contributed by atoms with Gasteiger partial charge in [0.1, 0.15) is 0 Å². The smallest absolute Gasteiger partial charge is 0.0814 e. The lowest BCUT2D eigenvalue weighted by Crippen LogP contribution is -2.43. The maximum Gasteiger partial charge on any atom is 0.0814 e. The van der Waals surface area contributed by atoms with Gasteiger partial charge in [0, 0.05) is 59.8 Å². The Morgan fingerprint density at radius 2 is 1.70 bits per heavy atom. The molecule has 1 fully saturated rings. The largest absolute Gasteiger partial charge is 0.349 e. The lowest BCUT2D eigenvalue weighted by Gasteiger charge is -2.32. The number of aliphatic imine (C=N–C) groups is 1. The Labute approximate surface area is 205 Å². The van der Waals surface area contributed by atoms with Gasteiger partial charge >= 0.3 is 0 Å². The van der Waals surface area contributed by atoms with Crippen molar-refractivity contribution >= 4 is 46.5 Å². The highest BCUT2D eigenvalue weighted by Crippen LogP contribution is 2.31. The molecule has 3 aromatic carbocycles. The molecule has 168 valence electrons. The fraction of sp³-hybridized carbons (Fsp3) is 0.222. The van der Waals surface area contributed by atoms with Crippen molar-refractivity contribution in [3.8, 4) is 0 Å². The number of hydrogen-bond donors (Lipinski definition) is 2. The van der Waals surface area contributed by atoms with Gasteiger partial charge in [-0.2, -0.15) is 0 Å². The van der Waals surface area contributed by atoms with Crippen LogP contribution in [-0.4, -0.2) is 53.7 Å². The van der Waals surface area contributed by atoms with Crippen molar-refractivity contribution in [1.29, 1.82) is 0 Å². The minimum absolute atomic E-state index is 0.692. The monoisotopic (exact) mass is 474 g/mol. The normalized spacial score (nSPS) is 15.9. The summed E-state index contributed by atoms with van der Waals surface area (Å²) in [5.41, 5.74) is 6.11. The number of nitrogens with zero attached hydrogens (tertiary/aromatic N) is 3. The van der Waals surface area contributed by atoms with Crippen LogP contribution in [0.3, 0.4) is 0 Å². The number of rotatable bonds is 5. The van der Waals surface area contributed by atoms with Crippen molar-refractivity contribution < 1.29 is 0 Å². The van der Waals surface area contributed by atoms with E-state index in [2.05, 4.69) is 58.2 Å². The van der Waals surface area contributed by atoms with Gasteiger partial charge in [-0.05, 0) is 36.9 Å². The first-order valence-corrected chi connectivity index (χ1v) is 12.0. The second kappa shape index (κ2) is 9.74. The number of aromatic amines is 1. The van der Waals surface area contributed by atoms with Gasteiger partial charge in [0.25, 0.3) is 0 Å². The van der Waals surface area contributed by atoms with Crippen LogP contribution in [-0.2, 0) is 6.54 Å². The maximum atomic E-state index is 6.22. The summed E-state index contributed by atoms with van der Waals surface area (Å²) in [5.74, 6) is 0. The topological polar surface area (TPSA) is 34.6 Å². The predicted octanol–water partition coefficient (Wildman–Crippen LogP) is 6.03. The van der Waals surface area contributed by atoms with Crippen LogP contribution >= 0.6 is 24.2 Å². The summed E-state index contributed by atoms with van der Waals surface area (Å²) < 4.78 is 0. The van der Waals surface area contributed by atoms with Gasteiger partial charge < -0.3 is 9.88 Å². The van der Waals surface area contributed by atoms with Crippen LogP contribution in [0.25, 0.3) is 10.9 Å². The zero-order valence-electron chi connectivity index (χ0n) is 18.6. The van der Waals surface area contributed by atoms with E-state index in [-0.39, 0.29) is 0 Å². The highest BCUT2D eigenvalue weighted by atomic mass is 35.5. The number of hydrogen-bond acceptors (Lipinski definition) is 4. The Morgan fingerprint density at radius 3 is 2.42 bits per heavy atom. The van der Waals surface area contributed by atoms with Crippen molar-refractivity contribution in [3.63, 3.8) is 0 Å². The first-order chi connectivity index (χ1) is 16.1. The quantitative estimate of drug-likeness (QED) is 0.273. The maximum absolute atomic E-state index is 6.22. The molecule has 0 spiro atoms. The van der Waals surface area contributed by atoms with E-state index >= 15 is 0 Å². The first-order valence-electron chi connectivity index (χ1n) is 11.2. The summed E-state index contributed by atoms with van der Waals surface area (Å²) in [7, 11) is 2.19. The Kier molecular flexibility index (Phi) is 6.56. The van der Waals surface area contributed by atoms with Crippen molar-refractivity contribution in [2.75, 3.05) is 33.2 Å². The molecule has 4 aromatic rings. The number of H-pyrrole nitrogens is 1. The van der Waals surface area contributed by atoms with E-state index < -0.39 is 0 Å². The fourth-order valence-electron chi connectivity index (χ4n) is 4.33. The second-order valence-corrected chi connectivity index (χ2v) is 9.49. The van der Waals surface area contributed by atoms with Crippen molar-refractivity contribution in [1.82, 2.24) is 14.8 Å². The van der Waals surface area contributed by atoms with Gasteiger partial charge in [0.05, 0.1) is 16.4 Å². The van der Waals surface area contributed by atoms with Crippen LogP contribution in [0.15, 0.2) is 82.8 Å². The number of aromatic nitrogens is 1. The highest BCUT2D eigenvalue weighted by molar-refractivity contribution is 7.80. The van der Waals surface area contributed by atoms with Crippen LogP contribution < -0.4 is 0 Å². The summed E-state index contributed by atoms with van der Waals surface area (Å²) in [6.07, 6.45) is 0. The second-order valence-electron chi connectivity index (χ2n) is 8.61. The lowest BCUT2D eigenvalue weighted by molar-refractivity contribution is 0.148. The minimum Gasteiger partial charge on any atom is -0.349 e. The number of likely N-dealkylation sites (N-methyl/N-ethyl adjacent to an activating group) is 1. The van der Waals surface area contributed by atoms with Crippen LogP contribution in [0.5, 0.6) is 0 Å². The van der Waals surface area contributed by atoms with Crippen molar-refractivity contribution in [2.45, 2.75) is 11.6 Å². The molecular formula is C27H27ClN4S. The number of nitrogens with one attached hydrogen (secondary N) is 1. The summed E-state index contributed by atoms with van der Waals surface area (Å²) in [5, 5.41) is 2.53. The van der Waals surface area contributed by atoms with E-state index in [9.17, 15) is 0 Å². The molecule has 0 aliphatic carbocycles. The molecule has 0 atom stereocenters. The van der Waals surface area contributed by atoms with E-state index in [1.165, 1.54) is 5.56 Å². The number of halogens is 1. The van der Waals surface area contributed by atoms with E-state index in [4.69, 9.17) is 29.2 Å². The van der Waals surface area contributed by atoms with Crippen LogP contribution in [0, 0.1) is 0 Å². The number of piperazine rings is 1. The molecule has 1 aliphatic heterocycles. The molecule has 0 bridgehead atoms. The predicted molar refractivity (Wildman–Crippen MR) is 142 cm³/mol. The highest BCUT2D eigenvalue weighted by Gasteiger charge is 2.18. The Balaban J connectivity index is 1.49. The average molecular weight is 475 g/mol. The molecule has 1 N–H and O–H groups in total. The molecule has 6 heteroatoms. The third-order valence-corrected chi connectivity index (χ3v) is 6.77.